The van der Waals surface area contributed by atoms with Crippen LogP contribution in [0, 0.1) is 5.82 Å². The van der Waals surface area contributed by atoms with Crippen molar-refractivity contribution in [3.63, 3.8) is 0 Å². The second kappa shape index (κ2) is 4.70. The maximum absolute atomic E-state index is 14.6. The van der Waals surface area contributed by atoms with Gasteiger partial charge in [-0.2, -0.15) is 0 Å². The van der Waals surface area contributed by atoms with Crippen LogP contribution in [0.2, 0.25) is 0 Å². The van der Waals surface area contributed by atoms with E-state index in [1.54, 1.807) is 0 Å². The number of rotatable bonds is 1. The summed E-state index contributed by atoms with van der Waals surface area (Å²) in [5.74, 6) is -4.73. The van der Waals surface area contributed by atoms with Crippen LogP contribution in [0.15, 0.2) is 6.07 Å². The van der Waals surface area contributed by atoms with Crippen molar-refractivity contribution in [2.45, 2.75) is 25.4 Å². The van der Waals surface area contributed by atoms with Crippen molar-refractivity contribution < 1.29 is 28.4 Å². The number of carbonyl (C=O) groups excluding carboxylic acids is 5. The van der Waals surface area contributed by atoms with Crippen molar-refractivity contribution in [2.24, 2.45) is 0 Å². The molecule has 122 valence electrons. The summed E-state index contributed by atoms with van der Waals surface area (Å²) in [5.41, 5.74) is -0.625. The Kier molecular flexibility index (Phi) is 2.84. The van der Waals surface area contributed by atoms with Crippen molar-refractivity contribution in [1.29, 1.82) is 0 Å². The molecule has 1 aromatic rings. The van der Waals surface area contributed by atoms with Crippen LogP contribution in [-0.2, 0) is 16.1 Å². The zero-order valence-electron chi connectivity index (χ0n) is 12.1. The molecule has 9 heteroatoms. The van der Waals surface area contributed by atoms with E-state index in [0.717, 1.165) is 0 Å². The number of carbonyl (C=O) groups is 5. The highest BCUT2D eigenvalue weighted by Crippen LogP contribution is 2.33. The summed E-state index contributed by atoms with van der Waals surface area (Å²) in [6, 6.07) is 0.135. The SMILES string of the molecule is O=C1CCC(N2C(=O)c3cc4c(c(F)c3C2=O)C(=O)NC4)C(=O)N1. The highest BCUT2D eigenvalue weighted by molar-refractivity contribution is 6.24. The average Bonchev–Trinajstić information content (AvgIpc) is 3.01. The van der Waals surface area contributed by atoms with Crippen LogP contribution in [-0.4, -0.2) is 40.5 Å². The molecule has 1 unspecified atom stereocenters. The van der Waals surface area contributed by atoms with E-state index in [9.17, 15) is 28.4 Å². The van der Waals surface area contributed by atoms with E-state index in [1.807, 2.05) is 0 Å². The normalized spacial score (nSPS) is 22.5. The lowest BCUT2D eigenvalue weighted by Crippen LogP contribution is -2.54. The molecule has 0 radical (unpaired) electrons. The number of imide groups is 2. The topological polar surface area (TPSA) is 113 Å². The van der Waals surface area contributed by atoms with Gasteiger partial charge >= 0.3 is 0 Å². The summed E-state index contributed by atoms with van der Waals surface area (Å²) >= 11 is 0. The van der Waals surface area contributed by atoms with Crippen LogP contribution in [0.3, 0.4) is 0 Å². The van der Waals surface area contributed by atoms with Crippen molar-refractivity contribution in [3.8, 4) is 0 Å². The lowest BCUT2D eigenvalue weighted by molar-refractivity contribution is -0.136. The van der Waals surface area contributed by atoms with Gasteiger partial charge in [0.25, 0.3) is 17.7 Å². The molecule has 0 spiro atoms. The second-order valence-corrected chi connectivity index (χ2v) is 5.78. The van der Waals surface area contributed by atoms with Gasteiger partial charge in [0, 0.05) is 13.0 Å². The van der Waals surface area contributed by atoms with E-state index in [0.29, 0.717) is 10.5 Å². The van der Waals surface area contributed by atoms with Gasteiger partial charge in [-0.25, -0.2) is 4.39 Å². The third-order valence-electron chi connectivity index (χ3n) is 4.42. The Morgan fingerprint density at radius 2 is 1.83 bits per heavy atom. The first-order valence-electron chi connectivity index (χ1n) is 7.25. The Morgan fingerprint density at radius 3 is 2.54 bits per heavy atom. The summed E-state index contributed by atoms with van der Waals surface area (Å²) in [5, 5.41) is 4.49. The molecule has 3 aliphatic rings. The molecule has 0 aliphatic carbocycles. The van der Waals surface area contributed by atoms with Gasteiger partial charge in [0.1, 0.15) is 11.9 Å². The Balaban J connectivity index is 1.80. The number of amides is 5. The Hall–Kier alpha value is -3.10. The van der Waals surface area contributed by atoms with Gasteiger partial charge in [-0.3, -0.25) is 34.2 Å². The molecule has 1 fully saturated rings. The monoisotopic (exact) mass is 331 g/mol. The van der Waals surface area contributed by atoms with E-state index in [1.165, 1.54) is 6.07 Å². The van der Waals surface area contributed by atoms with E-state index in [-0.39, 0.29) is 30.5 Å². The minimum atomic E-state index is -1.17. The number of piperidine rings is 1. The molecule has 0 bridgehead atoms. The maximum atomic E-state index is 14.6. The smallest absolute Gasteiger partial charge is 0.265 e. The van der Waals surface area contributed by atoms with Crippen LogP contribution in [0.1, 0.15) is 49.5 Å². The van der Waals surface area contributed by atoms with Gasteiger partial charge in [0.15, 0.2) is 0 Å². The highest BCUT2D eigenvalue weighted by atomic mass is 19.1. The fourth-order valence-corrected chi connectivity index (χ4v) is 3.28. The molecular formula is C15H10FN3O5. The molecule has 5 amide bonds. The van der Waals surface area contributed by atoms with Gasteiger partial charge in [0.2, 0.25) is 11.8 Å². The zero-order valence-corrected chi connectivity index (χ0v) is 12.1. The fraction of sp³-hybridized carbons (Fsp3) is 0.267. The first kappa shape index (κ1) is 14.5. The number of nitrogens with one attached hydrogen (secondary N) is 2. The third kappa shape index (κ3) is 1.75. The molecule has 8 nitrogen and oxygen atoms in total. The zero-order chi connectivity index (χ0) is 17.2. The van der Waals surface area contributed by atoms with Crippen LogP contribution in [0.5, 0.6) is 0 Å². The van der Waals surface area contributed by atoms with E-state index in [4.69, 9.17) is 0 Å². The van der Waals surface area contributed by atoms with E-state index >= 15 is 0 Å². The number of hydrogen-bond acceptors (Lipinski definition) is 5. The molecule has 1 aromatic carbocycles. The molecule has 3 aliphatic heterocycles. The van der Waals surface area contributed by atoms with Crippen molar-refractivity contribution in [1.82, 2.24) is 15.5 Å². The van der Waals surface area contributed by atoms with Gasteiger partial charge in [-0.15, -0.1) is 0 Å². The van der Waals surface area contributed by atoms with Crippen LogP contribution in [0.4, 0.5) is 4.39 Å². The lowest BCUT2D eigenvalue weighted by Gasteiger charge is -2.27. The average molecular weight is 331 g/mol. The van der Waals surface area contributed by atoms with E-state index < -0.39 is 47.0 Å². The Bertz CT molecular complexity index is 878. The number of halogens is 1. The number of nitrogens with zero attached hydrogens (tertiary/aromatic N) is 1. The second-order valence-electron chi connectivity index (χ2n) is 5.78. The molecule has 1 saturated heterocycles. The lowest BCUT2D eigenvalue weighted by atomic mass is 10.0. The molecule has 0 aromatic heterocycles. The first-order chi connectivity index (χ1) is 11.4. The van der Waals surface area contributed by atoms with Crippen molar-refractivity contribution >= 4 is 29.5 Å². The van der Waals surface area contributed by atoms with Gasteiger partial charge in [-0.1, -0.05) is 0 Å². The summed E-state index contributed by atoms with van der Waals surface area (Å²) in [7, 11) is 0. The molecule has 0 saturated carbocycles. The minimum Gasteiger partial charge on any atom is -0.348 e. The molecule has 24 heavy (non-hydrogen) atoms. The first-order valence-corrected chi connectivity index (χ1v) is 7.25. The predicted octanol–water partition coefficient (Wildman–Crippen LogP) is -0.530. The number of benzene rings is 1. The van der Waals surface area contributed by atoms with Gasteiger partial charge in [0.05, 0.1) is 16.7 Å². The Morgan fingerprint density at radius 1 is 1.08 bits per heavy atom. The van der Waals surface area contributed by atoms with Gasteiger partial charge in [-0.05, 0) is 18.1 Å². The molecule has 2 N–H and O–H groups in total. The number of hydrogen-bond donors (Lipinski definition) is 2. The number of fused-ring (bicyclic) bond motifs is 2. The Labute approximate surface area is 134 Å². The van der Waals surface area contributed by atoms with Crippen LogP contribution < -0.4 is 10.6 Å². The summed E-state index contributed by atoms with van der Waals surface area (Å²) < 4.78 is 14.6. The van der Waals surface area contributed by atoms with E-state index in [2.05, 4.69) is 10.6 Å². The van der Waals surface area contributed by atoms with Gasteiger partial charge < -0.3 is 5.32 Å². The molecule has 3 heterocycles. The molecule has 4 rings (SSSR count). The van der Waals surface area contributed by atoms with Crippen molar-refractivity contribution in [2.75, 3.05) is 0 Å². The largest absolute Gasteiger partial charge is 0.348 e. The minimum absolute atomic E-state index is 0.0159. The predicted molar refractivity (Wildman–Crippen MR) is 74.2 cm³/mol. The summed E-state index contributed by atoms with van der Waals surface area (Å²) in [6.45, 7) is 0.0677. The third-order valence-corrected chi connectivity index (χ3v) is 4.42. The standard InChI is InChI=1S/C15H10FN3O5/c16-11-9-5(4-17-13(9)22)3-6-10(11)15(24)19(14(6)23)7-1-2-8(20)18-12(7)21/h3,7H,1-2,4H2,(H,17,22)(H,18,20,21). The molecular weight excluding hydrogens is 321 g/mol. The maximum Gasteiger partial charge on any atom is 0.265 e. The van der Waals surface area contributed by atoms with Crippen molar-refractivity contribution in [3.05, 3.63) is 34.1 Å². The highest BCUT2D eigenvalue weighted by Gasteiger charge is 2.47. The quantitative estimate of drug-likeness (QED) is 0.672. The summed E-state index contributed by atoms with van der Waals surface area (Å²) in [4.78, 5) is 60.6. The fourth-order valence-electron chi connectivity index (χ4n) is 3.28. The van der Waals surface area contributed by atoms with Crippen LogP contribution >= 0.6 is 0 Å². The van der Waals surface area contributed by atoms with Crippen LogP contribution in [0.25, 0.3) is 0 Å². The summed E-state index contributed by atoms with van der Waals surface area (Å²) in [6.07, 6.45) is -0.0385. The molecule has 1 atom stereocenters.